The maximum atomic E-state index is 5.73. The van der Waals surface area contributed by atoms with Gasteiger partial charge in [-0.1, -0.05) is 0 Å². The van der Waals surface area contributed by atoms with Gasteiger partial charge in [0.05, 0.1) is 11.4 Å². The highest BCUT2D eigenvalue weighted by Gasteiger charge is 2.23. The van der Waals surface area contributed by atoms with Crippen LogP contribution in [0.5, 0.6) is 0 Å². The lowest BCUT2D eigenvalue weighted by atomic mass is 10.0. The lowest BCUT2D eigenvalue weighted by Gasteiger charge is -2.24. The van der Waals surface area contributed by atoms with Gasteiger partial charge in [-0.15, -0.1) is 0 Å². The minimum Gasteiger partial charge on any atom is -0.325 e. The van der Waals surface area contributed by atoms with Crippen LogP contribution in [0, 0.1) is 0 Å². The summed E-state index contributed by atoms with van der Waals surface area (Å²) in [7, 11) is 2.16. The first-order chi connectivity index (χ1) is 7.13. The Kier molecular flexibility index (Phi) is 2.80. The molecule has 1 aromatic heterocycles. The van der Waals surface area contributed by atoms with E-state index >= 15 is 0 Å². The van der Waals surface area contributed by atoms with Gasteiger partial charge in [0, 0.05) is 31.2 Å². The van der Waals surface area contributed by atoms with E-state index in [1.165, 1.54) is 11.3 Å². The smallest absolute Gasteiger partial charge is 0.0796 e. The van der Waals surface area contributed by atoms with Gasteiger partial charge in [0.2, 0.25) is 0 Å². The van der Waals surface area contributed by atoms with Crippen LogP contribution >= 0.6 is 0 Å². The SMILES string of the molecule is CC(C)n1nc(CN)c2c1CN(C)CC2. The molecule has 0 aliphatic carbocycles. The summed E-state index contributed by atoms with van der Waals surface area (Å²) in [6.45, 7) is 7.01. The second kappa shape index (κ2) is 3.94. The van der Waals surface area contributed by atoms with Crippen LogP contribution in [0.1, 0.15) is 36.8 Å². The number of hydrogen-bond acceptors (Lipinski definition) is 3. The summed E-state index contributed by atoms with van der Waals surface area (Å²) < 4.78 is 2.13. The van der Waals surface area contributed by atoms with Crippen LogP contribution in [0.15, 0.2) is 0 Å². The lowest BCUT2D eigenvalue weighted by molar-refractivity contribution is 0.296. The molecule has 0 aromatic carbocycles. The molecule has 0 saturated heterocycles. The van der Waals surface area contributed by atoms with Gasteiger partial charge < -0.3 is 10.6 Å². The number of nitrogens with two attached hydrogens (primary N) is 1. The van der Waals surface area contributed by atoms with E-state index in [4.69, 9.17) is 5.73 Å². The number of likely N-dealkylation sites (N-methyl/N-ethyl adjacent to an activating group) is 1. The molecule has 0 spiro atoms. The number of rotatable bonds is 2. The molecule has 0 saturated carbocycles. The summed E-state index contributed by atoms with van der Waals surface area (Å²) in [5.41, 5.74) is 9.58. The topological polar surface area (TPSA) is 47.1 Å². The fraction of sp³-hybridized carbons (Fsp3) is 0.727. The lowest BCUT2D eigenvalue weighted by Crippen LogP contribution is -2.28. The van der Waals surface area contributed by atoms with Crippen LogP contribution in [0.4, 0.5) is 0 Å². The molecule has 4 heteroatoms. The van der Waals surface area contributed by atoms with Crippen LogP contribution in [0.3, 0.4) is 0 Å². The van der Waals surface area contributed by atoms with Crippen molar-refractivity contribution in [1.29, 1.82) is 0 Å². The predicted molar refractivity (Wildman–Crippen MR) is 60.5 cm³/mol. The van der Waals surface area contributed by atoms with Gasteiger partial charge in [0.15, 0.2) is 0 Å². The summed E-state index contributed by atoms with van der Waals surface area (Å²) in [6, 6.07) is 0.422. The predicted octanol–water partition coefficient (Wildman–Crippen LogP) is 0.911. The van der Waals surface area contributed by atoms with Gasteiger partial charge in [-0.2, -0.15) is 5.10 Å². The zero-order chi connectivity index (χ0) is 11.0. The molecule has 0 amide bonds. The molecule has 0 bridgehead atoms. The molecule has 84 valence electrons. The van der Waals surface area contributed by atoms with E-state index in [1.54, 1.807) is 0 Å². The van der Waals surface area contributed by atoms with E-state index in [0.29, 0.717) is 12.6 Å². The van der Waals surface area contributed by atoms with Crippen molar-refractivity contribution in [3.63, 3.8) is 0 Å². The van der Waals surface area contributed by atoms with Gasteiger partial charge in [-0.25, -0.2) is 0 Å². The standard InChI is InChI=1S/C11H20N4/c1-8(2)15-11-7-14(3)5-4-9(11)10(6-12)13-15/h8H,4-7,12H2,1-3H3. The highest BCUT2D eigenvalue weighted by atomic mass is 15.3. The summed E-state index contributed by atoms with van der Waals surface area (Å²) in [6.07, 6.45) is 1.09. The van der Waals surface area contributed by atoms with Crippen molar-refractivity contribution < 1.29 is 0 Å². The summed E-state index contributed by atoms with van der Waals surface area (Å²) in [5.74, 6) is 0. The molecule has 2 N–H and O–H groups in total. The number of nitrogens with zero attached hydrogens (tertiary/aromatic N) is 3. The molecule has 1 aromatic rings. The minimum atomic E-state index is 0.422. The second-order valence-corrected chi connectivity index (χ2v) is 4.60. The average molecular weight is 208 g/mol. The molecular weight excluding hydrogens is 188 g/mol. The van der Waals surface area contributed by atoms with Crippen molar-refractivity contribution in [2.45, 2.75) is 39.4 Å². The Bertz CT molecular complexity index is 354. The van der Waals surface area contributed by atoms with Crippen LogP contribution in [0.2, 0.25) is 0 Å². The zero-order valence-corrected chi connectivity index (χ0v) is 9.82. The molecule has 0 unspecified atom stereocenters. The van der Waals surface area contributed by atoms with Crippen molar-refractivity contribution in [2.24, 2.45) is 5.73 Å². The Balaban J connectivity index is 2.45. The number of hydrogen-bond donors (Lipinski definition) is 1. The third-order valence-electron chi connectivity index (χ3n) is 3.05. The van der Waals surface area contributed by atoms with Gasteiger partial charge in [-0.05, 0) is 27.3 Å². The molecule has 4 nitrogen and oxygen atoms in total. The van der Waals surface area contributed by atoms with Crippen LogP contribution in [0.25, 0.3) is 0 Å². The van der Waals surface area contributed by atoms with E-state index in [1.807, 2.05) is 0 Å². The fourth-order valence-electron chi connectivity index (χ4n) is 2.24. The molecule has 0 fully saturated rings. The maximum absolute atomic E-state index is 5.73. The summed E-state index contributed by atoms with van der Waals surface area (Å²) in [4.78, 5) is 2.34. The monoisotopic (exact) mass is 208 g/mol. The van der Waals surface area contributed by atoms with Gasteiger partial charge >= 0.3 is 0 Å². The quantitative estimate of drug-likeness (QED) is 0.786. The van der Waals surface area contributed by atoms with Crippen molar-refractivity contribution in [3.05, 3.63) is 17.0 Å². The normalized spacial score (nSPS) is 17.1. The largest absolute Gasteiger partial charge is 0.325 e. The molecule has 2 rings (SSSR count). The van der Waals surface area contributed by atoms with Crippen molar-refractivity contribution in [1.82, 2.24) is 14.7 Å². The Morgan fingerprint density at radius 3 is 2.80 bits per heavy atom. The molecule has 1 aliphatic rings. The van der Waals surface area contributed by atoms with Crippen LogP contribution in [-0.4, -0.2) is 28.3 Å². The minimum absolute atomic E-state index is 0.422. The van der Waals surface area contributed by atoms with E-state index in [0.717, 1.165) is 25.2 Å². The third kappa shape index (κ3) is 1.79. The molecule has 2 heterocycles. The first-order valence-electron chi connectivity index (χ1n) is 5.61. The Hall–Kier alpha value is -0.870. The number of fused-ring (bicyclic) bond motifs is 1. The Morgan fingerprint density at radius 2 is 2.20 bits per heavy atom. The highest BCUT2D eigenvalue weighted by Crippen LogP contribution is 2.23. The molecule has 0 radical (unpaired) electrons. The Morgan fingerprint density at radius 1 is 1.47 bits per heavy atom. The van der Waals surface area contributed by atoms with E-state index in [-0.39, 0.29) is 0 Å². The third-order valence-corrected chi connectivity index (χ3v) is 3.05. The zero-order valence-electron chi connectivity index (χ0n) is 9.82. The van der Waals surface area contributed by atoms with Crippen LogP contribution in [-0.2, 0) is 19.5 Å². The number of aromatic nitrogens is 2. The van der Waals surface area contributed by atoms with Gasteiger partial charge in [-0.3, -0.25) is 4.68 Å². The van der Waals surface area contributed by atoms with E-state index < -0.39 is 0 Å². The molecule has 15 heavy (non-hydrogen) atoms. The maximum Gasteiger partial charge on any atom is 0.0796 e. The Labute approximate surface area is 91.1 Å². The van der Waals surface area contributed by atoms with E-state index in [9.17, 15) is 0 Å². The van der Waals surface area contributed by atoms with Crippen LogP contribution < -0.4 is 5.73 Å². The molecule has 0 atom stereocenters. The first-order valence-corrected chi connectivity index (χ1v) is 5.61. The van der Waals surface area contributed by atoms with E-state index in [2.05, 4.69) is 35.6 Å². The van der Waals surface area contributed by atoms with Crippen molar-refractivity contribution in [3.8, 4) is 0 Å². The summed E-state index contributed by atoms with van der Waals surface area (Å²) >= 11 is 0. The summed E-state index contributed by atoms with van der Waals surface area (Å²) in [5, 5.41) is 4.61. The van der Waals surface area contributed by atoms with Crippen molar-refractivity contribution in [2.75, 3.05) is 13.6 Å². The average Bonchev–Trinajstić information content (AvgIpc) is 2.55. The fourth-order valence-corrected chi connectivity index (χ4v) is 2.24. The van der Waals surface area contributed by atoms with Gasteiger partial charge in [0.1, 0.15) is 0 Å². The molecular formula is C11H20N4. The molecule has 1 aliphatic heterocycles. The van der Waals surface area contributed by atoms with Gasteiger partial charge in [0.25, 0.3) is 0 Å². The first kappa shape index (κ1) is 10.6. The van der Waals surface area contributed by atoms with Crippen molar-refractivity contribution >= 4 is 0 Å². The second-order valence-electron chi connectivity index (χ2n) is 4.60. The highest BCUT2D eigenvalue weighted by molar-refractivity contribution is 5.29.